The van der Waals surface area contributed by atoms with Crippen molar-refractivity contribution in [2.24, 2.45) is 0 Å². The first kappa shape index (κ1) is 15.2. The molecule has 19 heavy (non-hydrogen) atoms. The zero-order valence-corrected chi connectivity index (χ0v) is 8.49. The molecule has 0 aliphatic heterocycles. The molecule has 0 spiro atoms. The molecular weight excluding hydrogens is 292 g/mol. The van der Waals surface area contributed by atoms with Crippen LogP contribution in [-0.4, -0.2) is 18.1 Å². The average Bonchev–Trinajstić information content (AvgIpc) is 2.21. The van der Waals surface area contributed by atoms with E-state index in [0.29, 0.717) is 0 Å². The quantitative estimate of drug-likeness (QED) is 0.475. The molecule has 1 aromatic carbocycles. The Morgan fingerprint density at radius 3 is 1.74 bits per heavy atom. The zero-order valence-electron chi connectivity index (χ0n) is 8.49. The topological polar surface area (TPSA) is 26.3 Å². The van der Waals surface area contributed by atoms with Crippen molar-refractivity contribution in [3.05, 3.63) is 29.6 Å². The second-order valence-corrected chi connectivity index (χ2v) is 3.16. The van der Waals surface area contributed by atoms with Gasteiger partial charge in [-0.1, -0.05) is 0 Å². The van der Waals surface area contributed by atoms with Crippen LogP contribution < -0.4 is 4.74 Å². The molecule has 0 saturated carbocycles. The number of esters is 1. The van der Waals surface area contributed by atoms with E-state index in [1.807, 2.05) is 0 Å². The van der Waals surface area contributed by atoms with Crippen LogP contribution in [-0.2, 0) is 4.79 Å². The van der Waals surface area contributed by atoms with Crippen molar-refractivity contribution in [1.82, 2.24) is 0 Å². The lowest BCUT2D eigenvalue weighted by molar-refractivity contribution is -0.276. The number of hydrogen-bond donors (Lipinski definition) is 0. The van der Waals surface area contributed by atoms with Crippen LogP contribution in [0.25, 0.3) is 0 Å². The first-order valence-corrected chi connectivity index (χ1v) is 4.28. The first-order chi connectivity index (χ1) is 8.46. The van der Waals surface area contributed by atoms with E-state index in [-0.39, 0.29) is 12.1 Å². The normalized spacial score (nSPS) is 12.4. The fraction of sp³-hybridized carbons (Fsp3) is 0.222. The molecule has 0 N–H and O–H groups in total. The molecule has 0 aliphatic rings. The van der Waals surface area contributed by atoms with Crippen LogP contribution in [0.3, 0.4) is 0 Å². The highest BCUT2D eigenvalue weighted by atomic mass is 19.4. The van der Waals surface area contributed by atoms with Gasteiger partial charge in [0.25, 0.3) is 0 Å². The van der Waals surface area contributed by atoms with Crippen LogP contribution in [0, 0.1) is 17.5 Å². The van der Waals surface area contributed by atoms with Crippen molar-refractivity contribution in [2.75, 3.05) is 0 Å². The lowest BCUT2D eigenvalue weighted by Gasteiger charge is -2.17. The smallest absolute Gasteiger partial charge is 0.416 e. The molecule has 0 aromatic heterocycles. The highest BCUT2D eigenvalue weighted by Gasteiger charge is 2.65. The fourth-order valence-electron chi connectivity index (χ4n) is 0.899. The molecule has 1 rings (SSSR count). The molecule has 10 heteroatoms. The third-order valence-corrected chi connectivity index (χ3v) is 1.77. The van der Waals surface area contributed by atoms with Gasteiger partial charge < -0.3 is 4.74 Å². The summed E-state index contributed by atoms with van der Waals surface area (Å²) >= 11 is 0. The van der Waals surface area contributed by atoms with Crippen LogP contribution in [0.4, 0.5) is 35.1 Å². The van der Waals surface area contributed by atoms with Gasteiger partial charge in [-0.15, -0.1) is 0 Å². The number of rotatable bonds is 2. The van der Waals surface area contributed by atoms with Crippen LogP contribution in [0.15, 0.2) is 12.1 Å². The molecule has 0 radical (unpaired) electrons. The number of carbonyl (C=O) groups is 1. The molecule has 0 saturated heterocycles. The molecule has 1 aromatic rings. The van der Waals surface area contributed by atoms with Crippen LogP contribution in [0.2, 0.25) is 0 Å². The van der Waals surface area contributed by atoms with Gasteiger partial charge in [-0.3, -0.25) is 0 Å². The van der Waals surface area contributed by atoms with Crippen molar-refractivity contribution in [2.45, 2.75) is 12.1 Å². The summed E-state index contributed by atoms with van der Waals surface area (Å²) in [5, 5.41) is 0. The number of carbonyl (C=O) groups excluding carboxylic acids is 1. The summed E-state index contributed by atoms with van der Waals surface area (Å²) in [6.07, 6.45) is -6.29. The summed E-state index contributed by atoms with van der Waals surface area (Å²) in [6, 6.07) is -0.116. The minimum atomic E-state index is -6.29. The third-order valence-electron chi connectivity index (χ3n) is 1.77. The summed E-state index contributed by atoms with van der Waals surface area (Å²) in [6.45, 7) is 0. The number of alkyl halides is 5. The van der Waals surface area contributed by atoms with Crippen LogP contribution in [0.5, 0.6) is 5.75 Å². The number of halogens is 8. The Morgan fingerprint density at radius 2 is 1.37 bits per heavy atom. The Balaban J connectivity index is 3.08. The largest absolute Gasteiger partial charge is 0.465 e. The Kier molecular flexibility index (Phi) is 3.73. The maximum Gasteiger partial charge on any atom is 0.465 e. The molecule has 0 bridgehead atoms. The van der Waals surface area contributed by atoms with Gasteiger partial charge in [0.2, 0.25) is 5.75 Å². The van der Waals surface area contributed by atoms with Gasteiger partial charge in [0.05, 0.1) is 0 Å². The van der Waals surface area contributed by atoms with Crippen LogP contribution >= 0.6 is 0 Å². The monoisotopic (exact) mass is 294 g/mol. The summed E-state index contributed by atoms with van der Waals surface area (Å²) in [4.78, 5) is 10.6. The van der Waals surface area contributed by atoms with E-state index in [1.54, 1.807) is 0 Å². The van der Waals surface area contributed by atoms with E-state index in [2.05, 4.69) is 4.74 Å². The second-order valence-electron chi connectivity index (χ2n) is 3.16. The Labute approximate surface area is 99.1 Å². The number of hydrogen-bond acceptors (Lipinski definition) is 2. The summed E-state index contributed by atoms with van der Waals surface area (Å²) in [5.74, 6) is -16.4. The lowest BCUT2D eigenvalue weighted by atomic mass is 10.3. The van der Waals surface area contributed by atoms with E-state index in [0.717, 1.165) is 0 Å². The van der Waals surface area contributed by atoms with Gasteiger partial charge in [-0.2, -0.15) is 22.0 Å². The van der Waals surface area contributed by atoms with Gasteiger partial charge in [0.1, 0.15) is 5.82 Å². The standard InChI is InChI=1S/C9H2F8O2/c10-3-1-4(11)6(5(12)2-3)19-7(18)8(13,14)9(15,16)17/h1-2H. The van der Waals surface area contributed by atoms with E-state index in [4.69, 9.17) is 0 Å². The molecule has 2 nitrogen and oxygen atoms in total. The van der Waals surface area contributed by atoms with Crippen molar-refractivity contribution in [3.63, 3.8) is 0 Å². The lowest BCUT2D eigenvalue weighted by Crippen LogP contribution is -2.46. The molecule has 0 heterocycles. The van der Waals surface area contributed by atoms with Crippen LogP contribution in [0.1, 0.15) is 0 Å². The zero-order chi connectivity index (χ0) is 15.0. The van der Waals surface area contributed by atoms with Crippen molar-refractivity contribution >= 4 is 5.97 Å². The highest BCUT2D eigenvalue weighted by Crippen LogP contribution is 2.37. The molecular formula is C9H2F8O2. The van der Waals surface area contributed by atoms with Crippen molar-refractivity contribution < 1.29 is 44.7 Å². The number of benzene rings is 1. The van der Waals surface area contributed by atoms with Gasteiger partial charge in [-0.05, 0) is 0 Å². The third kappa shape index (κ3) is 2.93. The van der Waals surface area contributed by atoms with E-state index in [1.165, 1.54) is 0 Å². The molecule has 0 fully saturated rings. The number of ether oxygens (including phenoxy) is 1. The van der Waals surface area contributed by atoms with E-state index >= 15 is 0 Å². The van der Waals surface area contributed by atoms with Crippen molar-refractivity contribution in [3.8, 4) is 5.75 Å². The minimum Gasteiger partial charge on any atom is -0.416 e. The Hall–Kier alpha value is -1.87. The fourth-order valence-corrected chi connectivity index (χ4v) is 0.899. The van der Waals surface area contributed by atoms with Crippen molar-refractivity contribution in [1.29, 1.82) is 0 Å². The molecule has 0 unspecified atom stereocenters. The van der Waals surface area contributed by atoms with Gasteiger partial charge in [0, 0.05) is 12.1 Å². The predicted octanol–water partition coefficient (Wildman–Crippen LogP) is 3.21. The Bertz CT molecular complexity index is 484. The SMILES string of the molecule is O=C(Oc1c(F)cc(F)cc1F)C(F)(F)C(F)(F)F. The Morgan fingerprint density at radius 1 is 0.947 bits per heavy atom. The molecule has 0 amide bonds. The molecule has 0 atom stereocenters. The highest BCUT2D eigenvalue weighted by molar-refractivity contribution is 5.80. The van der Waals surface area contributed by atoms with E-state index < -0.39 is 41.3 Å². The van der Waals surface area contributed by atoms with Gasteiger partial charge >= 0.3 is 18.1 Å². The minimum absolute atomic E-state index is 0.0581. The summed E-state index contributed by atoms with van der Waals surface area (Å²) in [7, 11) is 0. The molecule has 0 aliphatic carbocycles. The second kappa shape index (κ2) is 4.67. The predicted molar refractivity (Wildman–Crippen MR) is 43.0 cm³/mol. The summed E-state index contributed by atoms with van der Waals surface area (Å²) < 4.78 is 102. The van der Waals surface area contributed by atoms with Gasteiger partial charge in [0.15, 0.2) is 11.6 Å². The van der Waals surface area contributed by atoms with E-state index in [9.17, 15) is 39.9 Å². The maximum atomic E-state index is 12.9. The average molecular weight is 294 g/mol. The first-order valence-electron chi connectivity index (χ1n) is 4.28. The summed E-state index contributed by atoms with van der Waals surface area (Å²) in [5.41, 5.74) is 0. The molecule has 106 valence electrons. The maximum absolute atomic E-state index is 12.9. The van der Waals surface area contributed by atoms with Gasteiger partial charge in [-0.25, -0.2) is 18.0 Å².